The van der Waals surface area contributed by atoms with Crippen molar-refractivity contribution < 1.29 is 13.2 Å². The Kier molecular flexibility index (Phi) is 4.73. The van der Waals surface area contributed by atoms with E-state index in [1.807, 2.05) is 6.07 Å². The number of hydrogen-bond acceptors (Lipinski definition) is 5. The summed E-state index contributed by atoms with van der Waals surface area (Å²) >= 11 is 0. The molecule has 0 radical (unpaired) electrons. The number of nitriles is 1. The number of halogens is 2. The molecule has 5 nitrogen and oxygen atoms in total. The maximum Gasteiger partial charge on any atom is 0.232 e. The van der Waals surface area contributed by atoms with Gasteiger partial charge in [0, 0.05) is 25.1 Å². The molecule has 0 amide bonds. The summed E-state index contributed by atoms with van der Waals surface area (Å²) in [5, 5.41) is 11.9. The van der Waals surface area contributed by atoms with Gasteiger partial charge in [0.25, 0.3) is 0 Å². The molecule has 0 saturated heterocycles. The van der Waals surface area contributed by atoms with Gasteiger partial charge in [-0.15, -0.1) is 0 Å². The molecule has 0 bridgehead atoms. The third-order valence-electron chi connectivity index (χ3n) is 3.24. The van der Waals surface area contributed by atoms with Gasteiger partial charge in [0.2, 0.25) is 11.6 Å². The number of rotatable bonds is 5. The average Bonchev–Trinajstić information content (AvgIpc) is 2.81. The molecule has 0 aliphatic rings. The molecule has 2 rings (SSSR count). The average molecular weight is 306 g/mol. The van der Waals surface area contributed by atoms with Crippen LogP contribution in [0, 0.1) is 29.9 Å². The Morgan fingerprint density at radius 3 is 2.73 bits per heavy atom. The van der Waals surface area contributed by atoms with Crippen molar-refractivity contribution in [3.05, 3.63) is 47.0 Å². The highest BCUT2D eigenvalue weighted by Gasteiger charge is 2.20. The van der Waals surface area contributed by atoms with Crippen molar-refractivity contribution in [3.8, 4) is 6.07 Å². The van der Waals surface area contributed by atoms with Crippen LogP contribution in [0.15, 0.2) is 22.6 Å². The molecule has 0 aliphatic carbocycles. The number of likely N-dealkylation sites (N-methyl/N-ethyl adjacent to an activating group) is 1. The summed E-state index contributed by atoms with van der Waals surface area (Å²) in [4.78, 5) is 5.72. The minimum atomic E-state index is -0.621. The molecule has 0 saturated carbocycles. The number of anilines is 1. The van der Waals surface area contributed by atoms with Crippen LogP contribution in [-0.4, -0.2) is 30.5 Å². The second-order valence-corrected chi connectivity index (χ2v) is 5.05. The molecule has 1 atom stereocenters. The third kappa shape index (κ3) is 3.40. The molecule has 1 aromatic carbocycles. The Hall–Kier alpha value is -2.46. The molecule has 0 spiro atoms. The van der Waals surface area contributed by atoms with Gasteiger partial charge in [0.05, 0.1) is 6.04 Å². The van der Waals surface area contributed by atoms with Crippen molar-refractivity contribution in [1.29, 1.82) is 5.26 Å². The van der Waals surface area contributed by atoms with E-state index in [1.165, 1.54) is 12.1 Å². The Labute approximate surface area is 127 Å². The number of aromatic nitrogens is 1. The Bertz CT molecular complexity index is 706. The lowest BCUT2D eigenvalue weighted by atomic mass is 10.1. The molecule has 116 valence electrons. The summed E-state index contributed by atoms with van der Waals surface area (Å²) < 4.78 is 32.3. The normalized spacial score (nSPS) is 12.2. The Morgan fingerprint density at radius 1 is 1.41 bits per heavy atom. The molecule has 1 aromatic heterocycles. The van der Waals surface area contributed by atoms with Crippen molar-refractivity contribution in [3.63, 3.8) is 0 Å². The summed E-state index contributed by atoms with van der Waals surface area (Å²) in [5.41, 5.74) is 0.503. The number of nitrogens with zero attached hydrogens (tertiary/aromatic N) is 3. The van der Waals surface area contributed by atoms with E-state index in [1.54, 1.807) is 25.9 Å². The monoisotopic (exact) mass is 306 g/mol. The van der Waals surface area contributed by atoms with E-state index in [9.17, 15) is 8.78 Å². The predicted molar refractivity (Wildman–Crippen MR) is 77.2 cm³/mol. The van der Waals surface area contributed by atoms with E-state index in [4.69, 9.17) is 9.68 Å². The van der Waals surface area contributed by atoms with Crippen molar-refractivity contribution >= 4 is 5.88 Å². The van der Waals surface area contributed by atoms with Crippen LogP contribution in [0.25, 0.3) is 0 Å². The van der Waals surface area contributed by atoms with Crippen LogP contribution >= 0.6 is 0 Å². The molecule has 0 unspecified atom stereocenters. The maximum atomic E-state index is 14.0. The van der Waals surface area contributed by atoms with E-state index >= 15 is 0 Å². The van der Waals surface area contributed by atoms with Crippen LogP contribution in [0.3, 0.4) is 0 Å². The number of aryl methyl sites for hydroxylation is 1. The molecule has 1 N–H and O–H groups in total. The van der Waals surface area contributed by atoms with Crippen LogP contribution in [-0.2, 0) is 0 Å². The van der Waals surface area contributed by atoms with Crippen molar-refractivity contribution in [2.45, 2.75) is 13.0 Å². The van der Waals surface area contributed by atoms with Crippen LogP contribution in [0.4, 0.5) is 14.7 Å². The van der Waals surface area contributed by atoms with Crippen molar-refractivity contribution in [2.24, 2.45) is 0 Å². The molecule has 2 aromatic rings. The summed E-state index contributed by atoms with van der Waals surface area (Å²) in [5.74, 6) is -0.623. The zero-order chi connectivity index (χ0) is 16.3. The Morgan fingerprint density at radius 2 is 2.14 bits per heavy atom. The van der Waals surface area contributed by atoms with E-state index in [2.05, 4.69) is 10.3 Å². The zero-order valence-electron chi connectivity index (χ0n) is 12.5. The maximum absolute atomic E-state index is 14.0. The molecular weight excluding hydrogens is 290 g/mol. The first kappa shape index (κ1) is 15.9. The topological polar surface area (TPSA) is 65.1 Å². The van der Waals surface area contributed by atoms with Crippen LogP contribution < -0.4 is 5.32 Å². The quantitative estimate of drug-likeness (QED) is 0.920. The molecule has 7 heteroatoms. The Balaban J connectivity index is 2.21. The highest BCUT2D eigenvalue weighted by atomic mass is 19.1. The number of benzene rings is 1. The second-order valence-electron chi connectivity index (χ2n) is 5.05. The van der Waals surface area contributed by atoms with Gasteiger partial charge in [-0.1, -0.05) is 6.07 Å². The van der Waals surface area contributed by atoms with Gasteiger partial charge in [-0.3, -0.25) is 0 Å². The summed E-state index contributed by atoms with van der Waals surface area (Å²) in [6.45, 7) is 1.91. The van der Waals surface area contributed by atoms with E-state index in [0.29, 0.717) is 11.5 Å². The first-order chi connectivity index (χ1) is 10.4. The van der Waals surface area contributed by atoms with Gasteiger partial charge < -0.3 is 14.6 Å². The first-order valence-corrected chi connectivity index (χ1v) is 6.65. The number of oxazole rings is 1. The fourth-order valence-corrected chi connectivity index (χ4v) is 2.15. The SMILES string of the molecule is Cc1nc(C#N)c(NC[C@@H](c2ccc(F)cc2F)N(C)C)o1. The van der Waals surface area contributed by atoms with Gasteiger partial charge >= 0.3 is 0 Å². The molecule has 0 fully saturated rings. The van der Waals surface area contributed by atoms with Gasteiger partial charge in [-0.2, -0.15) is 5.26 Å². The summed E-state index contributed by atoms with van der Waals surface area (Å²) in [6, 6.07) is 5.04. The van der Waals surface area contributed by atoms with Crippen LogP contribution in [0.1, 0.15) is 23.2 Å². The third-order valence-corrected chi connectivity index (χ3v) is 3.24. The van der Waals surface area contributed by atoms with Crippen LogP contribution in [0.5, 0.6) is 0 Å². The van der Waals surface area contributed by atoms with Crippen molar-refractivity contribution in [2.75, 3.05) is 26.0 Å². The highest BCUT2D eigenvalue weighted by Crippen LogP contribution is 2.24. The molecule has 0 aliphatic heterocycles. The fourth-order valence-electron chi connectivity index (χ4n) is 2.15. The fraction of sp³-hybridized carbons (Fsp3) is 0.333. The lowest BCUT2D eigenvalue weighted by Gasteiger charge is -2.25. The number of nitrogens with one attached hydrogen (secondary N) is 1. The largest absolute Gasteiger partial charge is 0.424 e. The van der Waals surface area contributed by atoms with Gasteiger partial charge in [0.15, 0.2) is 5.89 Å². The molecule has 1 heterocycles. The minimum absolute atomic E-state index is 0.148. The predicted octanol–water partition coefficient (Wildman–Crippen LogP) is 2.85. The second kappa shape index (κ2) is 6.54. The number of hydrogen-bond donors (Lipinski definition) is 1. The first-order valence-electron chi connectivity index (χ1n) is 6.65. The van der Waals surface area contributed by atoms with Crippen LogP contribution in [0.2, 0.25) is 0 Å². The van der Waals surface area contributed by atoms with Gasteiger partial charge in [-0.25, -0.2) is 13.8 Å². The van der Waals surface area contributed by atoms with Crippen molar-refractivity contribution in [1.82, 2.24) is 9.88 Å². The lowest BCUT2D eigenvalue weighted by Crippen LogP contribution is -2.27. The lowest BCUT2D eigenvalue weighted by molar-refractivity contribution is 0.302. The zero-order valence-corrected chi connectivity index (χ0v) is 12.5. The van der Waals surface area contributed by atoms with E-state index in [-0.39, 0.29) is 24.2 Å². The van der Waals surface area contributed by atoms with Gasteiger partial charge in [-0.05, 0) is 20.2 Å². The minimum Gasteiger partial charge on any atom is -0.424 e. The van der Waals surface area contributed by atoms with E-state index < -0.39 is 11.6 Å². The summed E-state index contributed by atoms with van der Waals surface area (Å²) in [7, 11) is 3.57. The van der Waals surface area contributed by atoms with E-state index in [0.717, 1.165) is 6.07 Å². The summed E-state index contributed by atoms with van der Waals surface area (Å²) in [6.07, 6.45) is 0. The highest BCUT2D eigenvalue weighted by molar-refractivity contribution is 5.45. The smallest absolute Gasteiger partial charge is 0.232 e. The molecule has 22 heavy (non-hydrogen) atoms. The standard InChI is InChI=1S/C15H16F2N4O/c1-9-20-13(7-18)15(22-9)19-8-14(21(2)3)11-5-4-10(16)6-12(11)17/h4-6,14,19H,8H2,1-3H3/t14-/m0/s1. The molecular formula is C15H16F2N4O. The van der Waals surface area contributed by atoms with Gasteiger partial charge in [0.1, 0.15) is 17.7 Å².